The van der Waals surface area contributed by atoms with Crippen LogP contribution >= 0.6 is 11.8 Å². The number of carbonyl (C=O) groups excluding carboxylic acids is 1. The van der Waals surface area contributed by atoms with Crippen LogP contribution < -0.4 is 11.1 Å². The van der Waals surface area contributed by atoms with E-state index in [2.05, 4.69) is 14.8 Å². The third-order valence-corrected chi connectivity index (χ3v) is 2.60. The summed E-state index contributed by atoms with van der Waals surface area (Å²) in [5.74, 6) is -1.06. The van der Waals surface area contributed by atoms with Gasteiger partial charge in [-0.25, -0.2) is 9.18 Å². The molecule has 94 valence electrons. The van der Waals surface area contributed by atoms with Crippen molar-refractivity contribution in [2.45, 2.75) is 17.6 Å². The maximum atomic E-state index is 13.3. The Morgan fingerprint density at radius 1 is 1.65 bits per heavy atom. The monoisotopic (exact) mass is 263 g/mol. The number of aromatic nitrogens is 3. The Kier molecular flexibility index (Phi) is 4.44. The fraction of sp³-hybridized carbons (Fsp3) is 0.500. The van der Waals surface area contributed by atoms with Gasteiger partial charge in [0.2, 0.25) is 5.50 Å². The molecular formula is C8H10FN3O4S. The first-order valence-electron chi connectivity index (χ1n) is 4.60. The van der Waals surface area contributed by atoms with Crippen molar-refractivity contribution in [3.63, 3.8) is 0 Å². The van der Waals surface area contributed by atoms with Crippen LogP contribution in [-0.2, 0) is 16.6 Å². The quantitative estimate of drug-likeness (QED) is 0.443. The van der Waals surface area contributed by atoms with Crippen LogP contribution in [0, 0.1) is 0 Å². The Bertz CT molecular complexity index is 526. The summed E-state index contributed by atoms with van der Waals surface area (Å²) in [5, 5.41) is 2.01. The highest BCUT2D eigenvalue weighted by molar-refractivity contribution is 8.00. The Morgan fingerprint density at radius 3 is 2.88 bits per heavy atom. The Morgan fingerprint density at radius 2 is 2.29 bits per heavy atom. The minimum atomic E-state index is -2.00. The number of carbonyl (C=O) groups is 1. The predicted molar refractivity (Wildman–Crippen MR) is 57.5 cm³/mol. The van der Waals surface area contributed by atoms with E-state index in [1.165, 1.54) is 7.05 Å². The van der Waals surface area contributed by atoms with Crippen molar-refractivity contribution in [3.05, 3.63) is 20.7 Å². The molecule has 1 rings (SSSR count). The van der Waals surface area contributed by atoms with Crippen LogP contribution in [-0.4, -0.2) is 32.8 Å². The lowest BCUT2D eigenvalue weighted by Crippen LogP contribution is -2.34. The van der Waals surface area contributed by atoms with E-state index in [0.29, 0.717) is 11.8 Å². The van der Waals surface area contributed by atoms with Crippen molar-refractivity contribution in [3.8, 4) is 0 Å². The zero-order chi connectivity index (χ0) is 13.0. The van der Waals surface area contributed by atoms with Crippen LogP contribution in [0.3, 0.4) is 0 Å². The van der Waals surface area contributed by atoms with Crippen LogP contribution in [0.1, 0.15) is 6.92 Å². The highest BCUT2D eigenvalue weighted by Gasteiger charge is 2.22. The van der Waals surface area contributed by atoms with Gasteiger partial charge in [0.05, 0.1) is 6.61 Å². The first-order valence-corrected chi connectivity index (χ1v) is 5.48. The van der Waals surface area contributed by atoms with E-state index >= 15 is 0 Å². The molecule has 0 aliphatic rings. The van der Waals surface area contributed by atoms with Gasteiger partial charge >= 0.3 is 17.1 Å². The number of aryl methyl sites for hydroxylation is 1. The molecule has 1 aromatic heterocycles. The average Bonchev–Trinajstić information content (AvgIpc) is 2.26. The second-order valence-corrected chi connectivity index (χ2v) is 3.90. The molecule has 0 saturated carbocycles. The van der Waals surface area contributed by atoms with Gasteiger partial charge in [-0.1, -0.05) is 0 Å². The molecule has 0 bridgehead atoms. The van der Waals surface area contributed by atoms with Crippen molar-refractivity contribution in [2.75, 3.05) is 6.61 Å². The lowest BCUT2D eigenvalue weighted by molar-refractivity contribution is -0.145. The third-order valence-electron chi connectivity index (χ3n) is 1.63. The number of H-pyrrole nitrogens is 1. The van der Waals surface area contributed by atoms with Gasteiger partial charge in [0.1, 0.15) is 0 Å². The minimum Gasteiger partial charge on any atom is -0.463 e. The second-order valence-electron chi connectivity index (χ2n) is 2.89. The summed E-state index contributed by atoms with van der Waals surface area (Å²) in [7, 11) is 1.37. The molecule has 0 aliphatic heterocycles. The number of esters is 1. The van der Waals surface area contributed by atoms with E-state index < -0.39 is 22.6 Å². The summed E-state index contributed by atoms with van der Waals surface area (Å²) in [4.78, 5) is 36.2. The molecule has 1 unspecified atom stereocenters. The number of halogens is 1. The van der Waals surface area contributed by atoms with Gasteiger partial charge in [0.25, 0.3) is 0 Å². The van der Waals surface area contributed by atoms with E-state index in [1.807, 2.05) is 0 Å². The molecule has 0 radical (unpaired) electrons. The second kappa shape index (κ2) is 5.62. The number of nitrogens with one attached hydrogen (secondary N) is 1. The molecule has 7 nitrogen and oxygen atoms in total. The number of hydrogen-bond donors (Lipinski definition) is 1. The largest absolute Gasteiger partial charge is 0.463 e. The molecule has 0 saturated heterocycles. The summed E-state index contributed by atoms with van der Waals surface area (Å²) in [6.07, 6.45) is 0. The highest BCUT2D eigenvalue weighted by Crippen LogP contribution is 2.20. The van der Waals surface area contributed by atoms with E-state index in [0.717, 1.165) is 4.68 Å². The maximum Gasteiger partial charge on any atom is 0.351 e. The van der Waals surface area contributed by atoms with Crippen LogP contribution in [0.2, 0.25) is 0 Å². The number of thioether (sulfide) groups is 1. The number of rotatable bonds is 4. The normalized spacial score (nSPS) is 12.2. The Labute approximate surface area is 99.0 Å². The van der Waals surface area contributed by atoms with E-state index in [9.17, 15) is 18.8 Å². The molecule has 9 heteroatoms. The fourth-order valence-electron chi connectivity index (χ4n) is 0.914. The number of alkyl halides is 1. The molecule has 17 heavy (non-hydrogen) atoms. The predicted octanol–water partition coefficient (Wildman–Crippen LogP) is -0.581. The molecule has 1 heterocycles. The summed E-state index contributed by atoms with van der Waals surface area (Å²) in [6.45, 7) is 1.60. The summed E-state index contributed by atoms with van der Waals surface area (Å²) in [5.41, 5.74) is -3.95. The van der Waals surface area contributed by atoms with Crippen LogP contribution in [0.4, 0.5) is 4.39 Å². The lowest BCUT2D eigenvalue weighted by atomic mass is 10.7. The first-order chi connectivity index (χ1) is 7.95. The van der Waals surface area contributed by atoms with Gasteiger partial charge < -0.3 is 4.74 Å². The van der Waals surface area contributed by atoms with Crippen molar-refractivity contribution in [2.24, 2.45) is 7.05 Å². The summed E-state index contributed by atoms with van der Waals surface area (Å²) >= 11 is 0.382. The molecule has 0 amide bonds. The first kappa shape index (κ1) is 13.4. The molecule has 0 fully saturated rings. The summed E-state index contributed by atoms with van der Waals surface area (Å²) < 4.78 is 18.8. The SMILES string of the molecule is CCOC(=O)C(F)Sc1nc(=O)c(=O)[nH]n1C. The highest BCUT2D eigenvalue weighted by atomic mass is 32.2. The molecule has 1 atom stereocenters. The van der Waals surface area contributed by atoms with Crippen molar-refractivity contribution in [1.29, 1.82) is 0 Å². The maximum absolute atomic E-state index is 13.3. The molecule has 0 aliphatic carbocycles. The van der Waals surface area contributed by atoms with Gasteiger partial charge in [0.15, 0.2) is 5.16 Å². The van der Waals surface area contributed by atoms with Crippen LogP contribution in [0.25, 0.3) is 0 Å². The standard InChI is InChI=1S/C8H10FN3O4S/c1-3-16-7(15)4(9)17-8-10-5(13)6(14)11-12(8)2/h4H,3H2,1-2H3,(H,11,14). The molecule has 1 aromatic rings. The van der Waals surface area contributed by atoms with Crippen LogP contribution in [0.15, 0.2) is 14.7 Å². The van der Waals surface area contributed by atoms with Crippen molar-refractivity contribution >= 4 is 17.7 Å². The minimum absolute atomic E-state index is 0.0534. The van der Waals surface area contributed by atoms with Gasteiger partial charge in [-0.2, -0.15) is 4.98 Å². The number of aromatic amines is 1. The Hall–Kier alpha value is -1.64. The van der Waals surface area contributed by atoms with E-state index in [4.69, 9.17) is 0 Å². The number of ether oxygens (including phenoxy) is 1. The van der Waals surface area contributed by atoms with Gasteiger partial charge in [-0.3, -0.25) is 19.4 Å². The average molecular weight is 263 g/mol. The zero-order valence-electron chi connectivity index (χ0n) is 9.10. The summed E-state index contributed by atoms with van der Waals surface area (Å²) in [6, 6.07) is 0. The smallest absolute Gasteiger partial charge is 0.351 e. The van der Waals surface area contributed by atoms with Crippen LogP contribution in [0.5, 0.6) is 0 Å². The van der Waals surface area contributed by atoms with Gasteiger partial charge in [-0.05, 0) is 18.7 Å². The van der Waals surface area contributed by atoms with Crippen molar-refractivity contribution < 1.29 is 13.9 Å². The molecule has 1 N–H and O–H groups in total. The molecular weight excluding hydrogens is 253 g/mol. The number of nitrogens with zero attached hydrogens (tertiary/aromatic N) is 2. The van der Waals surface area contributed by atoms with Gasteiger partial charge in [-0.15, -0.1) is 0 Å². The fourth-order valence-corrected chi connectivity index (χ4v) is 1.60. The topological polar surface area (TPSA) is 94.1 Å². The number of hydrogen-bond acceptors (Lipinski definition) is 6. The Balaban J connectivity index is 2.89. The van der Waals surface area contributed by atoms with E-state index in [-0.39, 0.29) is 11.8 Å². The van der Waals surface area contributed by atoms with Gasteiger partial charge in [0, 0.05) is 7.05 Å². The van der Waals surface area contributed by atoms with E-state index in [1.54, 1.807) is 6.92 Å². The van der Waals surface area contributed by atoms with Crippen molar-refractivity contribution in [1.82, 2.24) is 14.8 Å². The third kappa shape index (κ3) is 3.41. The lowest BCUT2D eigenvalue weighted by Gasteiger charge is -2.08. The molecule has 0 spiro atoms. The molecule has 0 aromatic carbocycles. The zero-order valence-corrected chi connectivity index (χ0v) is 9.91.